The minimum absolute atomic E-state index is 0.0297. The van der Waals surface area contributed by atoms with Crippen LogP contribution in [-0.2, 0) is 33.8 Å². The molecule has 0 spiro atoms. The highest BCUT2D eigenvalue weighted by atomic mass is 32.2. The molecule has 3 heterocycles. The second-order valence-corrected chi connectivity index (χ2v) is 20.2. The predicted molar refractivity (Wildman–Crippen MR) is 240 cm³/mol. The van der Waals surface area contributed by atoms with Gasteiger partial charge in [0.25, 0.3) is 21.8 Å². The number of fused-ring (bicyclic) bond motifs is 5. The van der Waals surface area contributed by atoms with E-state index in [2.05, 4.69) is 10.6 Å². The molecule has 2 aliphatic rings. The van der Waals surface area contributed by atoms with E-state index < -0.39 is 122 Å². The Morgan fingerprint density at radius 3 is 1.72 bits per heavy atom. The van der Waals surface area contributed by atoms with E-state index in [9.17, 15) is 51.0 Å². The molecule has 2 aliphatic heterocycles. The summed E-state index contributed by atoms with van der Waals surface area (Å²) in [5.41, 5.74) is -1.64. The summed E-state index contributed by atoms with van der Waals surface area (Å²) in [6.45, 7) is 7.29. The van der Waals surface area contributed by atoms with E-state index in [1.54, 1.807) is 19.9 Å². The molecule has 7 rings (SSSR count). The first kappa shape index (κ1) is 49.5. The van der Waals surface area contributed by atoms with Gasteiger partial charge in [0, 0.05) is 49.6 Å². The molecule has 3 unspecified atom stereocenters. The Balaban J connectivity index is 1.52. The average molecular weight is 1010 g/mol. The van der Waals surface area contributed by atoms with E-state index >= 15 is 0 Å². The van der Waals surface area contributed by atoms with E-state index in [0.29, 0.717) is 17.4 Å². The highest BCUT2D eigenvalue weighted by Gasteiger charge is 2.37. The fraction of sp³-hybridized carbons (Fsp3) is 0.250. The summed E-state index contributed by atoms with van der Waals surface area (Å²) < 4.78 is 96.5. The summed E-state index contributed by atoms with van der Waals surface area (Å²) in [7, 11) is -9.59. The van der Waals surface area contributed by atoms with Crippen LogP contribution in [0.15, 0.2) is 52.7 Å². The molecule has 360 valence electrons. The van der Waals surface area contributed by atoms with Crippen molar-refractivity contribution in [2.24, 2.45) is 0 Å². The summed E-state index contributed by atoms with van der Waals surface area (Å²) in [6.07, 6.45) is -2.70. The highest BCUT2D eigenvalue weighted by Crippen LogP contribution is 2.54. The normalized spacial score (nSPS) is 16.3. The van der Waals surface area contributed by atoms with Crippen LogP contribution in [0.2, 0.25) is 0 Å². The number of halogens is 1. The molecular weight excluding hydrogens is 971 g/mol. The molecule has 5 aromatic rings. The molecule has 0 aliphatic carbocycles. The van der Waals surface area contributed by atoms with Gasteiger partial charge in [-0.1, -0.05) is 0 Å². The van der Waals surface area contributed by atoms with Crippen LogP contribution in [0.1, 0.15) is 67.8 Å². The van der Waals surface area contributed by atoms with Crippen molar-refractivity contribution in [2.45, 2.75) is 58.0 Å². The van der Waals surface area contributed by atoms with Gasteiger partial charge in [-0.05, 0) is 72.8 Å². The van der Waals surface area contributed by atoms with E-state index in [4.69, 9.17) is 38.2 Å². The lowest BCUT2D eigenvalue weighted by Gasteiger charge is -2.27. The SMILES string of the molecule is CC(=O)Oc1c2cc(-c3cc4cc(S(=O)(=O)NCP(=O)(O)Oc5ccc(C#N)c(F)c5)sc4cc3-c3cc4c(OC(C)=O)c(c3OC(C)=O)C(=O)NCC(C)O4)c(OC(C)=O)c1C(=O)NCC(C)O2. The van der Waals surface area contributed by atoms with E-state index in [-0.39, 0.29) is 62.5 Å². The smallest absolute Gasteiger partial charge is 0.391 e. The molecule has 2 amide bonds. The first-order valence-electron chi connectivity index (χ1n) is 20.3. The number of rotatable bonds is 12. The van der Waals surface area contributed by atoms with Gasteiger partial charge in [0.05, 0.1) is 18.7 Å². The van der Waals surface area contributed by atoms with Crippen LogP contribution in [0.25, 0.3) is 32.3 Å². The third-order valence-electron chi connectivity index (χ3n) is 9.83. The number of hydrogen-bond acceptors (Lipinski definition) is 18. The number of nitrogens with zero attached hydrogens (tertiary/aromatic N) is 1. The van der Waals surface area contributed by atoms with Crippen LogP contribution in [0, 0.1) is 17.1 Å². The molecule has 0 saturated heterocycles. The Hall–Kier alpha value is -7.42. The third-order valence-corrected chi connectivity index (χ3v) is 14.1. The molecule has 0 fully saturated rings. The minimum Gasteiger partial charge on any atom is -0.485 e. The maximum atomic E-state index is 14.2. The monoisotopic (exact) mass is 1010 g/mol. The molecule has 0 radical (unpaired) electrons. The van der Waals surface area contributed by atoms with Crippen molar-refractivity contribution in [1.82, 2.24) is 15.4 Å². The maximum Gasteiger partial charge on any atom is 0.391 e. The van der Waals surface area contributed by atoms with Crippen molar-refractivity contribution in [3.63, 3.8) is 0 Å². The van der Waals surface area contributed by atoms with Gasteiger partial charge in [0.15, 0.2) is 34.5 Å². The van der Waals surface area contributed by atoms with Gasteiger partial charge in [-0.2, -0.15) is 9.98 Å². The zero-order valence-electron chi connectivity index (χ0n) is 37.0. The van der Waals surface area contributed by atoms with Crippen LogP contribution in [-0.4, -0.2) is 80.6 Å². The van der Waals surface area contributed by atoms with Crippen LogP contribution in [0.5, 0.6) is 40.2 Å². The van der Waals surface area contributed by atoms with Crippen molar-refractivity contribution in [2.75, 3.05) is 19.4 Å². The standard InChI is InChI=1S/C44H38FN4O17PS2/c1-19-16-47-43(54)37-39(62-21(3)50)30(12-33(60-19)41(37)64-23(5)52)28-9-26-10-36(69(58,59)49-18-67(56,57)66-27-8-7-25(15-46)32(45)11-27)68-35(26)14-29(28)31-13-34-42(65-24(6)53)38(40(31)63-22(4)51)44(55)48-17-20(2)61-34/h7-14,19-20,49H,16-18H2,1-6H3,(H,47,54)(H,48,55)(H,56,57). The molecule has 69 heavy (non-hydrogen) atoms. The number of amides is 2. The Labute approximate surface area is 394 Å². The Morgan fingerprint density at radius 2 is 1.26 bits per heavy atom. The van der Waals surface area contributed by atoms with Gasteiger partial charge in [0.2, 0.25) is 0 Å². The van der Waals surface area contributed by atoms with Crippen molar-refractivity contribution < 1.29 is 84.0 Å². The number of ether oxygens (including phenoxy) is 6. The molecule has 3 atom stereocenters. The molecule has 4 bridgehead atoms. The van der Waals surface area contributed by atoms with Crippen molar-refractivity contribution in [1.29, 1.82) is 5.26 Å². The quantitative estimate of drug-likeness (QED) is 0.0684. The van der Waals surface area contributed by atoms with Crippen molar-refractivity contribution in [3.05, 3.63) is 71.0 Å². The molecular formula is C44H38FN4O17PS2. The number of carbonyl (C=O) groups is 6. The Bertz CT molecular complexity index is 3110. The number of nitrogens with one attached hydrogen (secondary N) is 3. The fourth-order valence-corrected chi connectivity index (χ4v) is 11.1. The van der Waals surface area contributed by atoms with E-state index in [1.807, 2.05) is 4.72 Å². The maximum absolute atomic E-state index is 14.2. The zero-order valence-corrected chi connectivity index (χ0v) is 39.5. The summed E-state index contributed by atoms with van der Waals surface area (Å²) >= 11 is 0.636. The van der Waals surface area contributed by atoms with Crippen molar-refractivity contribution in [3.8, 4) is 68.6 Å². The Morgan fingerprint density at radius 1 is 0.783 bits per heavy atom. The lowest BCUT2D eigenvalue weighted by molar-refractivity contribution is -0.133. The number of carbonyl (C=O) groups excluding carboxylic acids is 6. The van der Waals surface area contributed by atoms with Crippen LogP contribution < -0.4 is 48.3 Å². The summed E-state index contributed by atoms with van der Waals surface area (Å²) in [5, 5.41) is 14.4. The van der Waals surface area contributed by atoms with Gasteiger partial charge in [0.1, 0.15) is 51.5 Å². The number of hydrogen-bond donors (Lipinski definition) is 4. The van der Waals surface area contributed by atoms with Gasteiger partial charge >= 0.3 is 31.5 Å². The minimum atomic E-state index is -4.88. The summed E-state index contributed by atoms with van der Waals surface area (Å²) in [4.78, 5) is 89.5. The summed E-state index contributed by atoms with van der Waals surface area (Å²) in [6, 6.07) is 10.9. The average Bonchev–Trinajstić information content (AvgIpc) is 3.68. The van der Waals surface area contributed by atoms with Crippen LogP contribution in [0.4, 0.5) is 4.39 Å². The second kappa shape index (κ2) is 19.3. The van der Waals surface area contributed by atoms with Crippen molar-refractivity contribution >= 4 is 74.7 Å². The molecule has 25 heteroatoms. The van der Waals surface area contributed by atoms with Crippen LogP contribution >= 0.6 is 18.9 Å². The van der Waals surface area contributed by atoms with E-state index in [0.717, 1.165) is 39.8 Å². The number of esters is 4. The first-order chi connectivity index (χ1) is 32.4. The summed E-state index contributed by atoms with van der Waals surface area (Å²) in [5.74, 6) is -9.12. The number of thiophene rings is 1. The molecule has 21 nitrogen and oxygen atoms in total. The predicted octanol–water partition coefficient (Wildman–Crippen LogP) is 5.47. The third kappa shape index (κ3) is 10.7. The Kier molecular flexibility index (Phi) is 13.8. The second-order valence-electron chi connectivity index (χ2n) is 15.4. The number of benzene rings is 4. The molecule has 1 aromatic heterocycles. The van der Waals surface area contributed by atoms with Gasteiger partial charge < -0.3 is 48.5 Å². The van der Waals surface area contributed by atoms with Crippen LogP contribution in [0.3, 0.4) is 0 Å². The zero-order chi connectivity index (χ0) is 50.3. The molecule has 4 N–H and O–H groups in total. The topological polar surface area (TPSA) is 298 Å². The number of sulfonamides is 1. The van der Waals surface area contributed by atoms with E-state index in [1.165, 1.54) is 30.3 Å². The first-order valence-corrected chi connectivity index (χ1v) is 24.4. The van der Waals surface area contributed by atoms with Gasteiger partial charge in [-0.3, -0.25) is 28.8 Å². The largest absolute Gasteiger partial charge is 0.485 e. The lowest BCUT2D eigenvalue weighted by Crippen LogP contribution is -2.36. The number of nitriles is 1. The van der Waals surface area contributed by atoms with Gasteiger partial charge in [-0.25, -0.2) is 17.4 Å². The molecule has 0 saturated carbocycles. The van der Waals surface area contributed by atoms with Gasteiger partial charge in [-0.15, -0.1) is 11.3 Å². The lowest BCUT2D eigenvalue weighted by atomic mass is 9.89. The highest BCUT2D eigenvalue weighted by molar-refractivity contribution is 7.92. The molecule has 4 aromatic carbocycles. The fourth-order valence-electron chi connectivity index (χ4n) is 7.11.